The Morgan fingerprint density at radius 1 is 1.25 bits per heavy atom. The lowest BCUT2D eigenvalue weighted by Crippen LogP contribution is -2.37. The molecule has 0 aliphatic heterocycles. The number of hydrogen-bond acceptors (Lipinski definition) is 2. The highest BCUT2D eigenvalue weighted by molar-refractivity contribution is 6.33. The van der Waals surface area contributed by atoms with Crippen LogP contribution in [0.15, 0.2) is 48.5 Å². The van der Waals surface area contributed by atoms with Gasteiger partial charge in [-0.1, -0.05) is 48.0 Å². The van der Waals surface area contributed by atoms with E-state index in [1.54, 1.807) is 12.1 Å². The third-order valence-electron chi connectivity index (χ3n) is 3.02. The molecule has 104 valence electrons. The minimum Gasteiger partial charge on any atom is -0.323 e. The molecule has 0 aliphatic carbocycles. The maximum Gasteiger partial charge on any atom is 0.241 e. The number of carbonyl (C=O) groups excluding carboxylic acids is 1. The van der Waals surface area contributed by atoms with E-state index in [-0.39, 0.29) is 5.91 Å². The van der Waals surface area contributed by atoms with Crippen molar-refractivity contribution in [1.82, 2.24) is 0 Å². The van der Waals surface area contributed by atoms with Gasteiger partial charge < -0.3 is 11.1 Å². The summed E-state index contributed by atoms with van der Waals surface area (Å²) in [6.45, 7) is 1.94. The molecule has 0 fully saturated rings. The Hall–Kier alpha value is -1.84. The molecule has 0 heterocycles. The number of benzene rings is 2. The van der Waals surface area contributed by atoms with Crippen molar-refractivity contribution in [3.63, 3.8) is 0 Å². The highest BCUT2D eigenvalue weighted by atomic mass is 35.5. The second-order valence-corrected chi connectivity index (χ2v) is 5.18. The fourth-order valence-corrected chi connectivity index (χ4v) is 2.19. The maximum atomic E-state index is 12.1. The van der Waals surface area contributed by atoms with E-state index >= 15 is 0 Å². The molecule has 0 aromatic heterocycles. The molecular formula is C16H17ClN2O. The summed E-state index contributed by atoms with van der Waals surface area (Å²) in [4.78, 5) is 12.1. The van der Waals surface area contributed by atoms with E-state index in [1.807, 2.05) is 43.3 Å². The van der Waals surface area contributed by atoms with Crippen LogP contribution < -0.4 is 11.1 Å². The van der Waals surface area contributed by atoms with Crippen LogP contribution in [0, 0.1) is 6.92 Å². The number of rotatable bonds is 4. The Balaban J connectivity index is 2.01. The smallest absolute Gasteiger partial charge is 0.241 e. The number of nitrogens with two attached hydrogens (primary N) is 1. The van der Waals surface area contributed by atoms with Gasteiger partial charge in [0, 0.05) is 0 Å². The molecule has 4 heteroatoms. The second kappa shape index (κ2) is 6.55. The lowest BCUT2D eigenvalue weighted by Gasteiger charge is -2.13. The maximum absolute atomic E-state index is 12.1. The van der Waals surface area contributed by atoms with Crippen LogP contribution >= 0.6 is 11.6 Å². The van der Waals surface area contributed by atoms with Crippen molar-refractivity contribution in [3.8, 4) is 0 Å². The second-order valence-electron chi connectivity index (χ2n) is 4.77. The average molecular weight is 289 g/mol. The summed E-state index contributed by atoms with van der Waals surface area (Å²) in [5, 5.41) is 3.28. The SMILES string of the molecule is Cc1ccc(NC(=O)[C@H](N)Cc2ccccc2)c(Cl)c1. The molecule has 3 N–H and O–H groups in total. The highest BCUT2D eigenvalue weighted by Gasteiger charge is 2.15. The summed E-state index contributed by atoms with van der Waals surface area (Å²) in [7, 11) is 0. The first-order valence-electron chi connectivity index (χ1n) is 6.43. The van der Waals surface area contributed by atoms with E-state index in [9.17, 15) is 4.79 Å². The van der Waals surface area contributed by atoms with E-state index < -0.39 is 6.04 Å². The fourth-order valence-electron chi connectivity index (χ4n) is 1.91. The standard InChI is InChI=1S/C16H17ClN2O/c1-11-7-8-15(13(17)9-11)19-16(20)14(18)10-12-5-3-2-4-6-12/h2-9,14H,10,18H2,1H3,(H,19,20)/t14-/m1/s1. The van der Waals surface area contributed by atoms with Gasteiger partial charge in [0.15, 0.2) is 0 Å². The summed E-state index contributed by atoms with van der Waals surface area (Å²) in [5.41, 5.74) is 8.59. The van der Waals surface area contributed by atoms with Crippen molar-refractivity contribution >= 4 is 23.2 Å². The summed E-state index contributed by atoms with van der Waals surface area (Å²) in [6, 6.07) is 14.6. The number of halogens is 1. The molecule has 1 atom stereocenters. The first-order chi connectivity index (χ1) is 9.56. The van der Waals surface area contributed by atoms with Crippen LogP contribution in [0.3, 0.4) is 0 Å². The van der Waals surface area contributed by atoms with Gasteiger partial charge in [-0.15, -0.1) is 0 Å². The third-order valence-corrected chi connectivity index (χ3v) is 3.33. The zero-order valence-electron chi connectivity index (χ0n) is 11.3. The summed E-state index contributed by atoms with van der Waals surface area (Å²) < 4.78 is 0. The summed E-state index contributed by atoms with van der Waals surface area (Å²) in [5.74, 6) is -0.236. The van der Waals surface area contributed by atoms with Gasteiger partial charge in [-0.05, 0) is 36.6 Å². The summed E-state index contributed by atoms with van der Waals surface area (Å²) in [6.07, 6.45) is 0.496. The summed E-state index contributed by atoms with van der Waals surface area (Å²) >= 11 is 6.08. The fraction of sp³-hybridized carbons (Fsp3) is 0.188. The molecule has 20 heavy (non-hydrogen) atoms. The van der Waals surface area contributed by atoms with Crippen molar-refractivity contribution < 1.29 is 4.79 Å². The van der Waals surface area contributed by atoms with Gasteiger partial charge in [-0.2, -0.15) is 0 Å². The molecule has 0 aliphatic rings. The van der Waals surface area contributed by atoms with Gasteiger partial charge in [0.2, 0.25) is 5.91 Å². The molecule has 0 radical (unpaired) electrons. The van der Waals surface area contributed by atoms with Gasteiger partial charge in [0.05, 0.1) is 16.8 Å². The Kier molecular flexibility index (Phi) is 4.77. The molecule has 3 nitrogen and oxygen atoms in total. The first kappa shape index (κ1) is 14.6. The quantitative estimate of drug-likeness (QED) is 0.908. The monoisotopic (exact) mass is 288 g/mol. The van der Waals surface area contributed by atoms with E-state index in [2.05, 4.69) is 5.32 Å². The van der Waals surface area contributed by atoms with Crippen LogP contribution in [0.1, 0.15) is 11.1 Å². The van der Waals surface area contributed by atoms with Crippen LogP contribution in [0.25, 0.3) is 0 Å². The predicted octanol–water partition coefficient (Wildman–Crippen LogP) is 3.16. The van der Waals surface area contributed by atoms with Gasteiger partial charge in [0.25, 0.3) is 0 Å². The lowest BCUT2D eigenvalue weighted by molar-refractivity contribution is -0.117. The number of hydrogen-bond donors (Lipinski definition) is 2. The van der Waals surface area contributed by atoms with E-state index in [0.29, 0.717) is 17.1 Å². The molecule has 0 bridgehead atoms. The van der Waals surface area contributed by atoms with Gasteiger partial charge >= 0.3 is 0 Å². The van der Waals surface area contributed by atoms with E-state index in [0.717, 1.165) is 11.1 Å². The number of amides is 1. The normalized spacial score (nSPS) is 11.9. The van der Waals surface area contributed by atoms with Crippen molar-refractivity contribution in [1.29, 1.82) is 0 Å². The Labute approximate surface area is 123 Å². The van der Waals surface area contributed by atoms with Gasteiger partial charge in [-0.25, -0.2) is 0 Å². The molecule has 1 amide bonds. The Morgan fingerprint density at radius 2 is 1.95 bits per heavy atom. The predicted molar refractivity (Wildman–Crippen MR) is 82.9 cm³/mol. The van der Waals surface area contributed by atoms with Gasteiger partial charge in [0.1, 0.15) is 0 Å². The minimum absolute atomic E-state index is 0.236. The number of aryl methyl sites for hydroxylation is 1. The molecule has 2 aromatic carbocycles. The van der Waals surface area contributed by atoms with Crippen molar-refractivity contribution in [2.24, 2.45) is 5.73 Å². The highest BCUT2D eigenvalue weighted by Crippen LogP contribution is 2.22. The topological polar surface area (TPSA) is 55.1 Å². The van der Waals surface area contributed by atoms with Crippen LogP contribution in [-0.2, 0) is 11.2 Å². The molecule has 0 unspecified atom stereocenters. The molecular weight excluding hydrogens is 272 g/mol. The number of carbonyl (C=O) groups is 1. The van der Waals surface area contributed by atoms with Crippen LogP contribution in [0.4, 0.5) is 5.69 Å². The van der Waals surface area contributed by atoms with Crippen LogP contribution in [0.5, 0.6) is 0 Å². The average Bonchev–Trinajstić information content (AvgIpc) is 2.43. The van der Waals surface area contributed by atoms with E-state index in [4.69, 9.17) is 17.3 Å². The van der Waals surface area contributed by atoms with Crippen molar-refractivity contribution in [2.75, 3.05) is 5.32 Å². The minimum atomic E-state index is -0.602. The van der Waals surface area contributed by atoms with Crippen molar-refractivity contribution in [3.05, 3.63) is 64.7 Å². The number of anilines is 1. The third kappa shape index (κ3) is 3.83. The first-order valence-corrected chi connectivity index (χ1v) is 6.80. The molecule has 0 saturated heterocycles. The molecule has 2 rings (SSSR count). The van der Waals surface area contributed by atoms with Crippen LogP contribution in [0.2, 0.25) is 5.02 Å². The zero-order valence-corrected chi connectivity index (χ0v) is 12.0. The van der Waals surface area contributed by atoms with E-state index in [1.165, 1.54) is 0 Å². The Morgan fingerprint density at radius 3 is 2.60 bits per heavy atom. The lowest BCUT2D eigenvalue weighted by atomic mass is 10.1. The van der Waals surface area contributed by atoms with Crippen molar-refractivity contribution in [2.45, 2.75) is 19.4 Å². The molecule has 0 saturated carbocycles. The molecule has 0 spiro atoms. The Bertz CT molecular complexity index is 599. The molecule has 2 aromatic rings. The number of nitrogens with one attached hydrogen (secondary N) is 1. The zero-order chi connectivity index (χ0) is 14.5. The van der Waals surface area contributed by atoms with Gasteiger partial charge in [-0.3, -0.25) is 4.79 Å². The largest absolute Gasteiger partial charge is 0.323 e. The van der Waals surface area contributed by atoms with Crippen LogP contribution in [-0.4, -0.2) is 11.9 Å².